The van der Waals surface area contributed by atoms with Gasteiger partial charge in [0.1, 0.15) is 4.90 Å². The van der Waals surface area contributed by atoms with E-state index >= 15 is 0 Å². The zero-order valence-corrected chi connectivity index (χ0v) is 16.5. The molecule has 0 radical (unpaired) electrons. The number of hydrogen-bond donors (Lipinski definition) is 3. The SMILES string of the molecule is CC(C)S(=O)(=O)c1c(Cl)ccc(Nc2nc(C3CC(F)(F)C3)cc(=O)[nH]2)c1O. The number of aromatic nitrogens is 2. The first-order chi connectivity index (χ1) is 12.9. The van der Waals surface area contributed by atoms with Crippen molar-refractivity contribution in [3.8, 4) is 5.75 Å². The van der Waals surface area contributed by atoms with Gasteiger partial charge in [0.2, 0.25) is 11.9 Å². The van der Waals surface area contributed by atoms with Crippen LogP contribution >= 0.6 is 11.6 Å². The first-order valence-electron chi connectivity index (χ1n) is 8.42. The first kappa shape index (κ1) is 20.5. The minimum absolute atomic E-state index is 0.0529. The van der Waals surface area contributed by atoms with Gasteiger partial charge in [0.05, 0.1) is 21.7 Å². The van der Waals surface area contributed by atoms with Crippen LogP contribution in [0.2, 0.25) is 5.02 Å². The van der Waals surface area contributed by atoms with Gasteiger partial charge in [-0.3, -0.25) is 9.78 Å². The maximum atomic E-state index is 13.1. The summed E-state index contributed by atoms with van der Waals surface area (Å²) in [5.41, 5.74) is -0.422. The molecule has 0 spiro atoms. The summed E-state index contributed by atoms with van der Waals surface area (Å²) >= 11 is 5.97. The van der Waals surface area contributed by atoms with Crippen LogP contribution in [0.3, 0.4) is 0 Å². The van der Waals surface area contributed by atoms with Gasteiger partial charge in [-0.25, -0.2) is 22.2 Å². The van der Waals surface area contributed by atoms with Crippen LogP contribution in [0.15, 0.2) is 27.9 Å². The van der Waals surface area contributed by atoms with E-state index in [-0.39, 0.29) is 22.4 Å². The Morgan fingerprint density at radius 1 is 1.36 bits per heavy atom. The van der Waals surface area contributed by atoms with Crippen molar-refractivity contribution in [2.45, 2.75) is 48.7 Å². The van der Waals surface area contributed by atoms with E-state index in [2.05, 4.69) is 15.3 Å². The van der Waals surface area contributed by atoms with E-state index in [1.165, 1.54) is 26.0 Å². The van der Waals surface area contributed by atoms with E-state index in [4.69, 9.17) is 11.6 Å². The second kappa shape index (κ2) is 7.00. The quantitative estimate of drug-likeness (QED) is 0.621. The van der Waals surface area contributed by atoms with E-state index in [9.17, 15) is 27.1 Å². The highest BCUT2D eigenvalue weighted by molar-refractivity contribution is 7.92. The number of hydrogen-bond acceptors (Lipinski definition) is 6. The summed E-state index contributed by atoms with van der Waals surface area (Å²) in [5, 5.41) is 12.1. The Balaban J connectivity index is 1.97. The summed E-state index contributed by atoms with van der Waals surface area (Å²) in [6.45, 7) is 2.89. The highest BCUT2D eigenvalue weighted by Gasteiger charge is 2.46. The average molecular weight is 434 g/mol. The number of anilines is 2. The van der Waals surface area contributed by atoms with Gasteiger partial charge >= 0.3 is 0 Å². The van der Waals surface area contributed by atoms with Crippen molar-refractivity contribution < 1.29 is 22.3 Å². The average Bonchev–Trinajstić information content (AvgIpc) is 2.54. The molecule has 1 heterocycles. The van der Waals surface area contributed by atoms with Crippen LogP contribution in [0.4, 0.5) is 20.4 Å². The van der Waals surface area contributed by atoms with Crippen LogP contribution in [-0.2, 0) is 9.84 Å². The number of H-pyrrole nitrogens is 1. The fourth-order valence-electron chi connectivity index (χ4n) is 2.90. The van der Waals surface area contributed by atoms with Crippen molar-refractivity contribution in [3.05, 3.63) is 39.3 Å². The van der Waals surface area contributed by atoms with Gasteiger partial charge < -0.3 is 10.4 Å². The molecule has 7 nitrogen and oxygen atoms in total. The maximum Gasteiger partial charge on any atom is 0.252 e. The van der Waals surface area contributed by atoms with E-state index in [1.54, 1.807) is 0 Å². The second-order valence-electron chi connectivity index (χ2n) is 6.97. The van der Waals surface area contributed by atoms with Crippen molar-refractivity contribution in [2.24, 2.45) is 0 Å². The standard InChI is InChI=1S/C17H18ClF2N3O4S/c1-8(2)28(26,27)15-10(18)3-4-11(14(15)25)21-16-22-12(5-13(24)23-16)9-6-17(19,20)7-9/h3-5,8-9,25H,6-7H2,1-2H3,(H2,21,22,23,24). The highest BCUT2D eigenvalue weighted by Crippen LogP contribution is 2.47. The molecule has 1 aromatic heterocycles. The van der Waals surface area contributed by atoms with Gasteiger partial charge in [-0.15, -0.1) is 0 Å². The van der Waals surface area contributed by atoms with Crippen LogP contribution in [0.25, 0.3) is 0 Å². The molecule has 1 saturated carbocycles. The number of phenolic OH excluding ortho intramolecular Hbond substituents is 1. The summed E-state index contributed by atoms with van der Waals surface area (Å²) in [6, 6.07) is 3.75. The number of alkyl halides is 2. The van der Waals surface area contributed by atoms with Gasteiger partial charge in [-0.1, -0.05) is 11.6 Å². The predicted octanol–water partition coefficient (Wildman–Crippen LogP) is 3.57. The fraction of sp³-hybridized carbons (Fsp3) is 0.412. The van der Waals surface area contributed by atoms with Crippen molar-refractivity contribution in [2.75, 3.05) is 5.32 Å². The molecule has 0 saturated heterocycles. The molecular weight excluding hydrogens is 416 g/mol. The van der Waals surface area contributed by atoms with E-state index in [1.807, 2.05) is 0 Å². The number of aromatic hydroxyl groups is 1. The minimum atomic E-state index is -3.89. The number of nitrogens with zero attached hydrogens (tertiary/aromatic N) is 1. The lowest BCUT2D eigenvalue weighted by Gasteiger charge is -2.34. The molecule has 1 aliphatic carbocycles. The molecule has 0 atom stereocenters. The third kappa shape index (κ3) is 3.83. The maximum absolute atomic E-state index is 13.1. The predicted molar refractivity (Wildman–Crippen MR) is 101 cm³/mol. The molecule has 3 rings (SSSR count). The Morgan fingerprint density at radius 2 is 2.00 bits per heavy atom. The van der Waals surface area contributed by atoms with E-state index in [0.717, 1.165) is 6.07 Å². The third-order valence-electron chi connectivity index (χ3n) is 4.51. The lowest BCUT2D eigenvalue weighted by atomic mass is 9.79. The number of aromatic amines is 1. The monoisotopic (exact) mass is 433 g/mol. The molecule has 11 heteroatoms. The normalized spacial score (nSPS) is 16.8. The van der Waals surface area contributed by atoms with Crippen LogP contribution in [-0.4, -0.2) is 34.7 Å². The molecule has 1 aliphatic rings. The number of sulfone groups is 1. The summed E-state index contributed by atoms with van der Waals surface area (Å²) < 4.78 is 51.1. The van der Waals surface area contributed by atoms with Gasteiger partial charge in [0.15, 0.2) is 15.6 Å². The molecule has 0 unspecified atom stereocenters. The van der Waals surface area contributed by atoms with E-state index < -0.39 is 56.0 Å². The van der Waals surface area contributed by atoms with Crippen molar-refractivity contribution in [3.63, 3.8) is 0 Å². The van der Waals surface area contributed by atoms with Gasteiger partial charge in [-0.05, 0) is 26.0 Å². The Morgan fingerprint density at radius 3 is 2.57 bits per heavy atom. The lowest BCUT2D eigenvalue weighted by Crippen LogP contribution is -2.34. The molecule has 3 N–H and O–H groups in total. The van der Waals surface area contributed by atoms with Crippen molar-refractivity contribution >= 4 is 33.1 Å². The third-order valence-corrected chi connectivity index (χ3v) is 7.16. The zero-order valence-electron chi connectivity index (χ0n) is 15.0. The van der Waals surface area contributed by atoms with E-state index in [0.29, 0.717) is 0 Å². The van der Waals surface area contributed by atoms with Crippen LogP contribution in [0.5, 0.6) is 5.75 Å². The Kier molecular flexibility index (Phi) is 5.13. The van der Waals surface area contributed by atoms with Crippen molar-refractivity contribution in [1.29, 1.82) is 0 Å². The van der Waals surface area contributed by atoms with Gasteiger partial charge in [0.25, 0.3) is 5.56 Å². The van der Waals surface area contributed by atoms with Crippen LogP contribution < -0.4 is 10.9 Å². The van der Waals surface area contributed by atoms with Gasteiger partial charge in [0, 0.05) is 24.8 Å². The molecule has 1 aromatic carbocycles. The van der Waals surface area contributed by atoms with Crippen LogP contribution in [0.1, 0.15) is 38.3 Å². The van der Waals surface area contributed by atoms with Gasteiger partial charge in [-0.2, -0.15) is 0 Å². The first-order valence-corrected chi connectivity index (χ1v) is 10.3. The molecule has 28 heavy (non-hydrogen) atoms. The molecule has 0 bridgehead atoms. The molecule has 1 fully saturated rings. The fourth-order valence-corrected chi connectivity index (χ4v) is 4.56. The Labute approximate surface area is 164 Å². The number of halogens is 3. The minimum Gasteiger partial charge on any atom is -0.504 e. The van der Waals surface area contributed by atoms with Crippen molar-refractivity contribution in [1.82, 2.24) is 9.97 Å². The summed E-state index contributed by atoms with van der Waals surface area (Å²) in [6.07, 6.45) is -0.794. The molecule has 152 valence electrons. The number of rotatable bonds is 5. The molecule has 0 aliphatic heterocycles. The summed E-state index contributed by atoms with van der Waals surface area (Å²) in [4.78, 5) is 17.9. The lowest BCUT2D eigenvalue weighted by molar-refractivity contribution is -0.0876. The molecular formula is C17H18ClF2N3O4S. The number of phenols is 1. The zero-order chi connectivity index (χ0) is 20.9. The Bertz CT molecular complexity index is 1080. The van der Waals surface area contributed by atoms with Crippen LogP contribution in [0, 0.1) is 0 Å². The number of nitrogens with one attached hydrogen (secondary N) is 2. The highest BCUT2D eigenvalue weighted by atomic mass is 35.5. The summed E-state index contributed by atoms with van der Waals surface area (Å²) in [5.74, 6) is -4.04. The summed E-state index contributed by atoms with van der Waals surface area (Å²) in [7, 11) is -3.89. The topological polar surface area (TPSA) is 112 Å². The largest absolute Gasteiger partial charge is 0.504 e. The smallest absolute Gasteiger partial charge is 0.252 e. The second-order valence-corrected chi connectivity index (χ2v) is 9.82. The molecule has 2 aromatic rings. The molecule has 0 amide bonds. The number of benzene rings is 1. The Hall–Kier alpha value is -2.20.